The number of hydrogen-bond acceptors (Lipinski definition) is 2. The van der Waals surface area contributed by atoms with E-state index in [1.807, 2.05) is 0 Å². The molecule has 0 spiro atoms. The SMILES string of the molecule is CN(Cc1ccc(C(C)(C)C)cc1N)C1CCCCC1. The second kappa shape index (κ2) is 6.17. The molecule has 0 aromatic heterocycles. The normalized spacial score (nSPS) is 17.6. The predicted octanol–water partition coefficient (Wildman–Crippen LogP) is 4.33. The molecule has 0 saturated heterocycles. The second-order valence-electron chi connectivity index (χ2n) is 7.37. The quantitative estimate of drug-likeness (QED) is 0.831. The summed E-state index contributed by atoms with van der Waals surface area (Å²) in [6.45, 7) is 7.67. The Hall–Kier alpha value is -1.02. The lowest BCUT2D eigenvalue weighted by atomic mass is 9.86. The number of anilines is 1. The molecule has 0 bridgehead atoms. The van der Waals surface area contributed by atoms with E-state index in [4.69, 9.17) is 5.73 Å². The van der Waals surface area contributed by atoms with E-state index in [9.17, 15) is 0 Å². The van der Waals surface area contributed by atoms with Crippen LogP contribution in [-0.2, 0) is 12.0 Å². The standard InChI is InChI=1S/C18H30N2/c1-18(2,3)15-11-10-14(17(19)12-15)13-20(4)16-8-6-5-7-9-16/h10-12,16H,5-9,13,19H2,1-4H3. The fourth-order valence-corrected chi connectivity index (χ4v) is 3.13. The number of nitrogen functional groups attached to an aromatic ring is 1. The lowest BCUT2D eigenvalue weighted by Crippen LogP contribution is -2.33. The maximum atomic E-state index is 6.27. The monoisotopic (exact) mass is 274 g/mol. The van der Waals surface area contributed by atoms with E-state index in [2.05, 4.69) is 50.9 Å². The zero-order valence-electron chi connectivity index (χ0n) is 13.6. The number of nitrogens with zero attached hydrogens (tertiary/aromatic N) is 1. The van der Waals surface area contributed by atoms with Gasteiger partial charge in [-0.05, 0) is 42.5 Å². The molecule has 20 heavy (non-hydrogen) atoms. The average Bonchev–Trinajstić information content (AvgIpc) is 2.41. The predicted molar refractivity (Wildman–Crippen MR) is 87.9 cm³/mol. The van der Waals surface area contributed by atoms with Crippen LogP contribution in [0.15, 0.2) is 18.2 Å². The van der Waals surface area contributed by atoms with Crippen molar-refractivity contribution in [2.45, 2.75) is 70.9 Å². The van der Waals surface area contributed by atoms with Crippen molar-refractivity contribution in [1.82, 2.24) is 4.90 Å². The molecule has 2 rings (SSSR count). The third-order valence-corrected chi connectivity index (χ3v) is 4.63. The molecule has 0 amide bonds. The molecule has 2 heteroatoms. The Morgan fingerprint density at radius 1 is 1.15 bits per heavy atom. The first-order valence-corrected chi connectivity index (χ1v) is 7.97. The van der Waals surface area contributed by atoms with Crippen LogP contribution in [0.4, 0.5) is 5.69 Å². The zero-order valence-corrected chi connectivity index (χ0v) is 13.6. The topological polar surface area (TPSA) is 29.3 Å². The molecule has 1 saturated carbocycles. The number of benzene rings is 1. The van der Waals surface area contributed by atoms with Gasteiger partial charge >= 0.3 is 0 Å². The van der Waals surface area contributed by atoms with Crippen molar-refractivity contribution in [3.8, 4) is 0 Å². The van der Waals surface area contributed by atoms with Crippen LogP contribution in [0.5, 0.6) is 0 Å². The lowest BCUT2D eigenvalue weighted by Gasteiger charge is -2.31. The van der Waals surface area contributed by atoms with Crippen LogP contribution in [0.2, 0.25) is 0 Å². The van der Waals surface area contributed by atoms with E-state index in [1.165, 1.54) is 43.2 Å². The van der Waals surface area contributed by atoms with Crippen LogP contribution in [0.3, 0.4) is 0 Å². The number of rotatable bonds is 3. The lowest BCUT2D eigenvalue weighted by molar-refractivity contribution is 0.185. The molecule has 2 N–H and O–H groups in total. The molecule has 2 nitrogen and oxygen atoms in total. The summed E-state index contributed by atoms with van der Waals surface area (Å²) in [5, 5.41) is 0. The summed E-state index contributed by atoms with van der Waals surface area (Å²) >= 11 is 0. The highest BCUT2D eigenvalue weighted by atomic mass is 15.1. The highest BCUT2D eigenvalue weighted by Gasteiger charge is 2.19. The second-order valence-corrected chi connectivity index (χ2v) is 7.37. The van der Waals surface area contributed by atoms with Gasteiger partial charge in [-0.15, -0.1) is 0 Å². The van der Waals surface area contributed by atoms with Crippen LogP contribution < -0.4 is 5.73 Å². The molecule has 1 fully saturated rings. The van der Waals surface area contributed by atoms with Gasteiger partial charge in [-0.3, -0.25) is 4.90 Å². The summed E-state index contributed by atoms with van der Waals surface area (Å²) in [4.78, 5) is 2.49. The molecule has 0 aliphatic heterocycles. The van der Waals surface area contributed by atoms with Crippen molar-refractivity contribution in [2.75, 3.05) is 12.8 Å². The molecular weight excluding hydrogens is 244 g/mol. The Labute approximate surface area is 124 Å². The summed E-state index contributed by atoms with van der Waals surface area (Å²) in [5.41, 5.74) is 9.97. The van der Waals surface area contributed by atoms with Crippen molar-refractivity contribution in [2.24, 2.45) is 0 Å². The molecule has 1 aromatic carbocycles. The van der Waals surface area contributed by atoms with Gasteiger partial charge in [0.2, 0.25) is 0 Å². The fourth-order valence-electron chi connectivity index (χ4n) is 3.13. The fraction of sp³-hybridized carbons (Fsp3) is 0.667. The summed E-state index contributed by atoms with van der Waals surface area (Å²) in [7, 11) is 2.24. The molecular formula is C18H30N2. The molecule has 1 aromatic rings. The van der Waals surface area contributed by atoms with Gasteiger partial charge in [0.1, 0.15) is 0 Å². The van der Waals surface area contributed by atoms with E-state index in [-0.39, 0.29) is 5.41 Å². The Morgan fingerprint density at radius 2 is 1.80 bits per heavy atom. The summed E-state index contributed by atoms with van der Waals surface area (Å²) < 4.78 is 0. The van der Waals surface area contributed by atoms with Crippen molar-refractivity contribution in [3.63, 3.8) is 0 Å². The minimum Gasteiger partial charge on any atom is -0.398 e. The first kappa shape index (κ1) is 15.4. The Kier molecular flexibility index (Phi) is 4.74. The van der Waals surface area contributed by atoms with E-state index in [1.54, 1.807) is 0 Å². The van der Waals surface area contributed by atoms with E-state index in [0.717, 1.165) is 18.3 Å². The smallest absolute Gasteiger partial charge is 0.0362 e. The van der Waals surface area contributed by atoms with Crippen LogP contribution in [-0.4, -0.2) is 18.0 Å². The highest BCUT2D eigenvalue weighted by molar-refractivity contribution is 5.50. The van der Waals surface area contributed by atoms with Crippen LogP contribution in [0, 0.1) is 0 Å². The molecule has 112 valence electrons. The maximum absolute atomic E-state index is 6.27. The van der Waals surface area contributed by atoms with Crippen LogP contribution in [0.25, 0.3) is 0 Å². The van der Waals surface area contributed by atoms with Gasteiger partial charge in [0, 0.05) is 18.3 Å². The Morgan fingerprint density at radius 3 is 2.35 bits per heavy atom. The van der Waals surface area contributed by atoms with E-state index in [0.29, 0.717) is 0 Å². The van der Waals surface area contributed by atoms with Gasteiger partial charge in [-0.2, -0.15) is 0 Å². The average molecular weight is 274 g/mol. The minimum atomic E-state index is 0.169. The van der Waals surface area contributed by atoms with Gasteiger partial charge in [0.05, 0.1) is 0 Å². The van der Waals surface area contributed by atoms with E-state index < -0.39 is 0 Å². The molecule has 0 radical (unpaired) electrons. The zero-order chi connectivity index (χ0) is 14.8. The van der Waals surface area contributed by atoms with Crippen molar-refractivity contribution in [1.29, 1.82) is 0 Å². The first-order valence-electron chi connectivity index (χ1n) is 7.97. The van der Waals surface area contributed by atoms with Crippen molar-refractivity contribution >= 4 is 5.69 Å². The summed E-state index contributed by atoms with van der Waals surface area (Å²) in [6, 6.07) is 7.35. The third-order valence-electron chi connectivity index (χ3n) is 4.63. The van der Waals surface area contributed by atoms with E-state index >= 15 is 0 Å². The molecule has 1 aliphatic carbocycles. The molecule has 0 heterocycles. The molecule has 0 unspecified atom stereocenters. The van der Waals surface area contributed by atoms with Crippen molar-refractivity contribution in [3.05, 3.63) is 29.3 Å². The van der Waals surface area contributed by atoms with Gasteiger partial charge in [-0.1, -0.05) is 52.2 Å². The van der Waals surface area contributed by atoms with Crippen molar-refractivity contribution < 1.29 is 0 Å². The Bertz CT molecular complexity index is 439. The maximum Gasteiger partial charge on any atom is 0.0362 e. The van der Waals surface area contributed by atoms with Gasteiger partial charge in [0.25, 0.3) is 0 Å². The number of nitrogens with two attached hydrogens (primary N) is 1. The third kappa shape index (κ3) is 3.76. The number of hydrogen-bond donors (Lipinski definition) is 1. The largest absolute Gasteiger partial charge is 0.398 e. The minimum absolute atomic E-state index is 0.169. The first-order chi connectivity index (χ1) is 9.38. The highest BCUT2D eigenvalue weighted by Crippen LogP contribution is 2.28. The van der Waals surface area contributed by atoms with Gasteiger partial charge < -0.3 is 5.73 Å². The van der Waals surface area contributed by atoms with Gasteiger partial charge in [0.15, 0.2) is 0 Å². The van der Waals surface area contributed by atoms with Crippen LogP contribution >= 0.6 is 0 Å². The van der Waals surface area contributed by atoms with Crippen LogP contribution in [0.1, 0.15) is 64.0 Å². The molecule has 0 atom stereocenters. The van der Waals surface area contributed by atoms with Gasteiger partial charge in [-0.25, -0.2) is 0 Å². The summed E-state index contributed by atoms with van der Waals surface area (Å²) in [6.07, 6.45) is 6.86. The summed E-state index contributed by atoms with van der Waals surface area (Å²) in [5.74, 6) is 0. The Balaban J connectivity index is 2.05. The molecule has 1 aliphatic rings.